The molecule has 1 aromatic carbocycles. The fraction of sp³-hybridized carbons (Fsp3) is 0.517. The van der Waals surface area contributed by atoms with E-state index in [0.717, 1.165) is 5.06 Å². The number of hydrogen-bond acceptors (Lipinski definition) is 11. The number of ether oxygens (including phenoxy) is 2. The van der Waals surface area contributed by atoms with Gasteiger partial charge in [-0.15, -0.1) is 11.3 Å². The molecule has 4 heterocycles. The molecule has 1 aromatic heterocycles. The maximum absolute atomic E-state index is 15.7. The SMILES string of the molecule is CCOC(=O)C1=C(CN2CC(F)(F)[C@H]3[C@@H]2CON3C[C@H](OC)C(C)(C)C(=O)O)NC(c2nccs2)=N[C@H]1c1cccc(F)c1Cl. The zero-order valence-electron chi connectivity index (χ0n) is 24.9. The van der Waals surface area contributed by atoms with Gasteiger partial charge in [0.2, 0.25) is 0 Å². The second-order valence-electron chi connectivity index (χ2n) is 11.4. The smallest absolute Gasteiger partial charge is 0.338 e. The number of hydrogen-bond donors (Lipinski definition) is 2. The maximum Gasteiger partial charge on any atom is 0.338 e. The highest BCUT2D eigenvalue weighted by atomic mass is 35.5. The van der Waals surface area contributed by atoms with Crippen molar-refractivity contribution in [2.75, 3.05) is 40.0 Å². The number of carbonyl (C=O) groups excluding carboxylic acids is 1. The summed E-state index contributed by atoms with van der Waals surface area (Å²) in [6, 6.07) is 0.774. The Morgan fingerprint density at radius 2 is 2.11 bits per heavy atom. The molecule has 0 unspecified atom stereocenters. The van der Waals surface area contributed by atoms with Gasteiger partial charge in [0.1, 0.15) is 17.9 Å². The molecule has 11 nitrogen and oxygen atoms in total. The number of fused-ring (bicyclic) bond motifs is 1. The first-order valence-corrected chi connectivity index (χ1v) is 15.4. The van der Waals surface area contributed by atoms with E-state index < -0.39 is 59.9 Å². The zero-order chi connectivity index (χ0) is 32.7. The molecule has 0 spiro atoms. The summed E-state index contributed by atoms with van der Waals surface area (Å²) in [4.78, 5) is 41.5. The molecule has 0 bridgehead atoms. The lowest BCUT2D eigenvalue weighted by molar-refractivity contribution is -0.205. The highest BCUT2D eigenvalue weighted by Crippen LogP contribution is 2.43. The van der Waals surface area contributed by atoms with E-state index in [0.29, 0.717) is 5.01 Å². The Hall–Kier alpha value is -3.08. The minimum absolute atomic E-state index is 0.00477. The van der Waals surface area contributed by atoms with Crippen LogP contribution in [0.1, 0.15) is 37.4 Å². The predicted molar refractivity (Wildman–Crippen MR) is 159 cm³/mol. The molecule has 0 saturated carbocycles. The van der Waals surface area contributed by atoms with Gasteiger partial charge >= 0.3 is 11.9 Å². The van der Waals surface area contributed by atoms with Crippen LogP contribution in [-0.4, -0.2) is 102 Å². The second kappa shape index (κ2) is 13.0. The normalized spacial score (nSPS) is 24.3. The molecular formula is C29H33ClF3N5O6S. The first-order chi connectivity index (χ1) is 21.3. The third kappa shape index (κ3) is 6.33. The van der Waals surface area contributed by atoms with Crippen LogP contribution in [0.4, 0.5) is 13.2 Å². The Bertz CT molecular complexity index is 1510. The number of alkyl halides is 2. The van der Waals surface area contributed by atoms with Gasteiger partial charge in [0.15, 0.2) is 10.8 Å². The number of rotatable bonds is 11. The second-order valence-corrected chi connectivity index (χ2v) is 12.7. The molecule has 2 saturated heterocycles. The number of aliphatic carboxylic acids is 1. The highest BCUT2D eigenvalue weighted by molar-refractivity contribution is 7.11. The van der Waals surface area contributed by atoms with Gasteiger partial charge in [-0.25, -0.2) is 22.9 Å². The monoisotopic (exact) mass is 671 g/mol. The number of amidine groups is 1. The average Bonchev–Trinajstić information content (AvgIpc) is 3.72. The number of aromatic nitrogens is 1. The first kappa shape index (κ1) is 33.3. The van der Waals surface area contributed by atoms with Crippen LogP contribution in [-0.2, 0) is 23.9 Å². The van der Waals surface area contributed by atoms with Crippen LogP contribution in [0, 0.1) is 11.2 Å². The number of carboxylic acids is 1. The lowest BCUT2D eigenvalue weighted by Crippen LogP contribution is -2.51. The summed E-state index contributed by atoms with van der Waals surface area (Å²) in [5.74, 6) is -5.64. The van der Waals surface area contributed by atoms with Crippen molar-refractivity contribution < 1.29 is 42.2 Å². The third-order valence-corrected chi connectivity index (χ3v) is 9.46. The highest BCUT2D eigenvalue weighted by Gasteiger charge is 2.61. The van der Waals surface area contributed by atoms with Gasteiger partial charge in [-0.3, -0.25) is 19.5 Å². The van der Waals surface area contributed by atoms with Gasteiger partial charge in [-0.1, -0.05) is 23.7 Å². The Kier molecular flexibility index (Phi) is 9.59. The molecular weight excluding hydrogens is 639 g/mol. The van der Waals surface area contributed by atoms with E-state index in [2.05, 4.69) is 15.3 Å². The standard InChI is InChI=1S/C29H33ClF3N5O6S/c1-5-43-26(39)20-17(35-24(25-34-9-10-45-25)36-22(20)15-7-6-8-16(31)21(15)30)11-37-14-29(32,33)23-18(37)13-44-38(23)12-19(42-4)28(2,3)27(40)41/h6-10,18-19,22-23H,5,11-14H2,1-4H3,(H,35,36)(H,40,41)/t18-,19-,22-,23+/m0/s1. The van der Waals surface area contributed by atoms with Crippen molar-refractivity contribution in [2.24, 2.45) is 10.4 Å². The molecule has 0 amide bonds. The van der Waals surface area contributed by atoms with Crippen molar-refractivity contribution in [3.8, 4) is 0 Å². The Labute approximate surface area is 266 Å². The molecule has 0 aliphatic carbocycles. The van der Waals surface area contributed by atoms with Gasteiger partial charge in [-0.05, 0) is 26.8 Å². The fourth-order valence-electron chi connectivity index (χ4n) is 5.83. The van der Waals surface area contributed by atoms with Crippen molar-refractivity contribution in [2.45, 2.75) is 50.9 Å². The summed E-state index contributed by atoms with van der Waals surface area (Å²) in [5.41, 5.74) is -0.974. The Morgan fingerprint density at radius 1 is 1.36 bits per heavy atom. The number of methoxy groups -OCH3 is 1. The number of esters is 1. The molecule has 2 fully saturated rings. The number of carbonyl (C=O) groups is 2. The molecule has 2 N–H and O–H groups in total. The van der Waals surface area contributed by atoms with E-state index in [-0.39, 0.29) is 54.0 Å². The van der Waals surface area contributed by atoms with Crippen LogP contribution in [0.3, 0.4) is 0 Å². The number of carboxylic acid groups (broad SMARTS) is 1. The largest absolute Gasteiger partial charge is 0.481 e. The Morgan fingerprint density at radius 3 is 2.76 bits per heavy atom. The van der Waals surface area contributed by atoms with Crippen molar-refractivity contribution in [3.05, 3.63) is 62.5 Å². The third-order valence-electron chi connectivity index (χ3n) is 8.28. The van der Waals surface area contributed by atoms with Crippen LogP contribution in [0.25, 0.3) is 0 Å². The molecule has 3 aliphatic rings. The van der Waals surface area contributed by atoms with Crippen molar-refractivity contribution in [1.29, 1.82) is 0 Å². The van der Waals surface area contributed by atoms with Crippen molar-refractivity contribution in [1.82, 2.24) is 20.3 Å². The summed E-state index contributed by atoms with van der Waals surface area (Å²) in [7, 11) is 1.32. The van der Waals surface area contributed by atoms with E-state index in [1.807, 2.05) is 0 Å². The number of nitrogens with zero attached hydrogens (tertiary/aromatic N) is 4. The number of nitrogens with one attached hydrogen (secondary N) is 1. The molecule has 16 heteroatoms. The van der Waals surface area contributed by atoms with Crippen LogP contribution >= 0.6 is 22.9 Å². The minimum atomic E-state index is -3.27. The lowest BCUT2D eigenvalue weighted by Gasteiger charge is -2.34. The molecule has 45 heavy (non-hydrogen) atoms. The topological polar surface area (TPSA) is 126 Å². The minimum Gasteiger partial charge on any atom is -0.481 e. The summed E-state index contributed by atoms with van der Waals surface area (Å²) in [6.45, 7) is 3.37. The van der Waals surface area contributed by atoms with Gasteiger partial charge in [-0.2, -0.15) is 5.06 Å². The molecule has 244 valence electrons. The summed E-state index contributed by atoms with van der Waals surface area (Å²) in [6.07, 6.45) is 0.610. The summed E-state index contributed by atoms with van der Waals surface area (Å²) >= 11 is 7.63. The van der Waals surface area contributed by atoms with Crippen molar-refractivity contribution in [3.63, 3.8) is 0 Å². The number of halogens is 4. The van der Waals surface area contributed by atoms with Gasteiger partial charge in [0, 0.05) is 36.5 Å². The van der Waals surface area contributed by atoms with E-state index in [1.165, 1.54) is 55.4 Å². The van der Waals surface area contributed by atoms with Gasteiger partial charge in [0.05, 0.1) is 54.5 Å². The average molecular weight is 672 g/mol. The van der Waals surface area contributed by atoms with Gasteiger partial charge in [0.25, 0.3) is 5.92 Å². The van der Waals surface area contributed by atoms with Gasteiger partial charge < -0.3 is 19.9 Å². The number of thiazole rings is 1. The van der Waals surface area contributed by atoms with E-state index >= 15 is 8.78 Å². The molecule has 0 radical (unpaired) electrons. The number of aliphatic imine (C=N–C) groups is 1. The van der Waals surface area contributed by atoms with Crippen LogP contribution < -0.4 is 5.32 Å². The molecule has 4 atom stereocenters. The van der Waals surface area contributed by atoms with Crippen LogP contribution in [0.5, 0.6) is 0 Å². The summed E-state index contributed by atoms with van der Waals surface area (Å²) in [5, 5.41) is 15.8. The zero-order valence-corrected chi connectivity index (χ0v) is 26.5. The Balaban J connectivity index is 1.51. The lowest BCUT2D eigenvalue weighted by atomic mass is 9.86. The quantitative estimate of drug-likeness (QED) is 0.340. The van der Waals surface area contributed by atoms with E-state index in [1.54, 1.807) is 18.5 Å². The molecule has 5 rings (SSSR count). The summed E-state index contributed by atoms with van der Waals surface area (Å²) < 4.78 is 56.9. The van der Waals surface area contributed by atoms with E-state index in [9.17, 15) is 19.1 Å². The van der Waals surface area contributed by atoms with Crippen molar-refractivity contribution >= 4 is 40.7 Å². The maximum atomic E-state index is 15.7. The molecule has 3 aliphatic heterocycles. The number of likely N-dealkylation sites (tertiary alicyclic amines) is 1. The number of benzene rings is 1. The van der Waals surface area contributed by atoms with E-state index in [4.69, 9.17) is 25.9 Å². The predicted octanol–water partition coefficient (Wildman–Crippen LogP) is 3.91. The number of hydroxylamine groups is 2. The molecule has 2 aromatic rings. The fourth-order valence-corrected chi connectivity index (χ4v) is 6.65. The van der Waals surface area contributed by atoms with Crippen LogP contribution in [0.2, 0.25) is 5.02 Å². The first-order valence-electron chi connectivity index (χ1n) is 14.2. The van der Waals surface area contributed by atoms with Crippen LogP contribution in [0.15, 0.2) is 46.0 Å².